The molecule has 2 rings (SSSR count). The van der Waals surface area contributed by atoms with Gasteiger partial charge in [-0.3, -0.25) is 4.79 Å². The van der Waals surface area contributed by atoms with E-state index in [2.05, 4.69) is 10.6 Å². The maximum Gasteiger partial charge on any atom is 0.239 e. The molecular weight excluding hydrogens is 283 g/mol. The molecule has 0 aliphatic heterocycles. The Bertz CT molecular complexity index is 612. The van der Waals surface area contributed by atoms with Gasteiger partial charge in [0.25, 0.3) is 0 Å². The van der Waals surface area contributed by atoms with E-state index >= 15 is 0 Å². The van der Waals surface area contributed by atoms with Gasteiger partial charge in [0.1, 0.15) is 11.6 Å². The smallest absolute Gasteiger partial charge is 0.239 e. The quantitative estimate of drug-likeness (QED) is 0.862. The molecule has 2 N–H and O–H groups in total. The molecule has 0 aromatic heterocycles. The fourth-order valence-electron chi connectivity index (χ4n) is 2.02. The summed E-state index contributed by atoms with van der Waals surface area (Å²) in [5.74, 6) is 0.344. The van der Waals surface area contributed by atoms with Crippen LogP contribution in [0.3, 0.4) is 0 Å². The summed E-state index contributed by atoms with van der Waals surface area (Å²) in [6.45, 7) is 2.02. The highest BCUT2D eigenvalue weighted by atomic mass is 19.1. The maximum atomic E-state index is 12.9. The number of anilines is 1. The summed E-state index contributed by atoms with van der Waals surface area (Å²) in [5, 5.41) is 5.89. The highest BCUT2D eigenvalue weighted by molar-refractivity contribution is 5.81. The van der Waals surface area contributed by atoms with Crippen molar-refractivity contribution in [2.45, 2.75) is 13.0 Å². The van der Waals surface area contributed by atoms with Crippen molar-refractivity contribution in [1.29, 1.82) is 0 Å². The fourth-order valence-corrected chi connectivity index (χ4v) is 2.02. The molecule has 1 unspecified atom stereocenters. The molecule has 0 fully saturated rings. The fraction of sp³-hybridized carbons (Fsp3) is 0.235. The molecule has 0 saturated carbocycles. The molecule has 1 atom stereocenters. The van der Waals surface area contributed by atoms with Crippen LogP contribution in [0.2, 0.25) is 0 Å². The normalized spacial score (nSPS) is 11.6. The molecule has 0 bridgehead atoms. The number of nitrogens with one attached hydrogen (secondary N) is 2. The summed E-state index contributed by atoms with van der Waals surface area (Å²) in [7, 11) is 1.60. The van der Waals surface area contributed by atoms with Crippen molar-refractivity contribution in [3.8, 4) is 5.75 Å². The predicted octanol–water partition coefficient (Wildman–Crippen LogP) is 3.12. The first-order chi connectivity index (χ1) is 10.6. The van der Waals surface area contributed by atoms with Gasteiger partial charge in [-0.05, 0) is 48.9 Å². The van der Waals surface area contributed by atoms with Gasteiger partial charge in [-0.2, -0.15) is 0 Å². The Kier molecular flexibility index (Phi) is 5.36. The van der Waals surface area contributed by atoms with Gasteiger partial charge in [0.05, 0.1) is 19.7 Å². The summed E-state index contributed by atoms with van der Waals surface area (Å²) >= 11 is 0. The summed E-state index contributed by atoms with van der Waals surface area (Å²) in [4.78, 5) is 11.9. The second kappa shape index (κ2) is 7.45. The Morgan fingerprint density at radius 3 is 2.36 bits per heavy atom. The molecule has 0 spiro atoms. The van der Waals surface area contributed by atoms with E-state index in [4.69, 9.17) is 4.74 Å². The number of benzene rings is 2. The Morgan fingerprint density at radius 2 is 1.77 bits per heavy atom. The van der Waals surface area contributed by atoms with E-state index < -0.39 is 0 Å². The van der Waals surface area contributed by atoms with Crippen LogP contribution in [0.1, 0.15) is 18.5 Å². The lowest BCUT2D eigenvalue weighted by Gasteiger charge is -2.15. The van der Waals surface area contributed by atoms with Crippen molar-refractivity contribution in [3.05, 3.63) is 59.9 Å². The van der Waals surface area contributed by atoms with E-state index in [9.17, 15) is 9.18 Å². The number of ether oxygens (including phenoxy) is 1. The third-order valence-electron chi connectivity index (χ3n) is 3.29. The molecular formula is C17H19FN2O2. The van der Waals surface area contributed by atoms with Crippen LogP contribution in [0.15, 0.2) is 48.5 Å². The molecule has 116 valence electrons. The third kappa shape index (κ3) is 4.48. The first-order valence-corrected chi connectivity index (χ1v) is 7.01. The second-order valence-corrected chi connectivity index (χ2v) is 4.92. The van der Waals surface area contributed by atoms with E-state index in [1.54, 1.807) is 19.2 Å². The van der Waals surface area contributed by atoms with Crippen LogP contribution >= 0.6 is 0 Å². The van der Waals surface area contributed by atoms with Gasteiger partial charge in [0.2, 0.25) is 5.91 Å². The molecule has 2 aromatic rings. The van der Waals surface area contributed by atoms with E-state index in [1.807, 2.05) is 31.2 Å². The molecule has 0 aliphatic carbocycles. The van der Waals surface area contributed by atoms with Gasteiger partial charge in [0, 0.05) is 5.69 Å². The number of carbonyl (C=O) groups is 1. The van der Waals surface area contributed by atoms with Crippen molar-refractivity contribution < 1.29 is 13.9 Å². The van der Waals surface area contributed by atoms with E-state index in [0.717, 1.165) is 17.0 Å². The Labute approximate surface area is 129 Å². The highest BCUT2D eigenvalue weighted by Gasteiger charge is 2.09. The second-order valence-electron chi connectivity index (χ2n) is 4.92. The van der Waals surface area contributed by atoms with Crippen molar-refractivity contribution in [2.24, 2.45) is 0 Å². The van der Waals surface area contributed by atoms with Crippen molar-refractivity contribution in [1.82, 2.24) is 5.32 Å². The van der Waals surface area contributed by atoms with Gasteiger partial charge in [0.15, 0.2) is 0 Å². The monoisotopic (exact) mass is 302 g/mol. The molecule has 0 radical (unpaired) electrons. The van der Waals surface area contributed by atoms with Crippen molar-refractivity contribution in [2.75, 3.05) is 19.0 Å². The van der Waals surface area contributed by atoms with Crippen LogP contribution in [0.5, 0.6) is 5.75 Å². The lowest BCUT2D eigenvalue weighted by molar-refractivity contribution is -0.120. The minimum absolute atomic E-state index is 0.132. The minimum atomic E-state index is -0.288. The molecule has 1 amide bonds. The number of halogens is 1. The van der Waals surface area contributed by atoms with Crippen LogP contribution in [-0.2, 0) is 4.79 Å². The molecule has 0 saturated heterocycles. The van der Waals surface area contributed by atoms with Gasteiger partial charge in [-0.25, -0.2) is 4.39 Å². The Hall–Kier alpha value is -2.56. The molecule has 0 aliphatic rings. The number of amides is 1. The largest absolute Gasteiger partial charge is 0.497 e. The van der Waals surface area contributed by atoms with E-state index in [0.29, 0.717) is 0 Å². The van der Waals surface area contributed by atoms with Gasteiger partial charge < -0.3 is 15.4 Å². The van der Waals surface area contributed by atoms with Crippen LogP contribution in [0.4, 0.5) is 10.1 Å². The first kappa shape index (κ1) is 15.8. The number of rotatable bonds is 6. The summed E-state index contributed by atoms with van der Waals surface area (Å²) < 4.78 is 17.9. The zero-order valence-corrected chi connectivity index (χ0v) is 12.6. The SMILES string of the molecule is COc1ccc(NCC(=O)NC(C)c2ccc(F)cc2)cc1. The van der Waals surface area contributed by atoms with Crippen molar-refractivity contribution in [3.63, 3.8) is 0 Å². The predicted molar refractivity (Wildman–Crippen MR) is 84.4 cm³/mol. The average molecular weight is 302 g/mol. The molecule has 0 heterocycles. The number of hydrogen-bond acceptors (Lipinski definition) is 3. The number of carbonyl (C=O) groups excluding carboxylic acids is 1. The maximum absolute atomic E-state index is 12.9. The molecule has 5 heteroatoms. The first-order valence-electron chi connectivity index (χ1n) is 7.01. The van der Waals surface area contributed by atoms with Gasteiger partial charge in [-0.1, -0.05) is 12.1 Å². The summed E-state index contributed by atoms with van der Waals surface area (Å²) in [6.07, 6.45) is 0. The molecule has 4 nitrogen and oxygen atoms in total. The lowest BCUT2D eigenvalue weighted by Crippen LogP contribution is -2.32. The van der Waals surface area contributed by atoms with Crippen molar-refractivity contribution >= 4 is 11.6 Å². The van der Waals surface area contributed by atoms with Gasteiger partial charge in [-0.15, -0.1) is 0 Å². The average Bonchev–Trinajstić information content (AvgIpc) is 2.54. The summed E-state index contributed by atoms with van der Waals surface area (Å²) in [5.41, 5.74) is 1.70. The lowest BCUT2D eigenvalue weighted by atomic mass is 10.1. The molecule has 2 aromatic carbocycles. The Balaban J connectivity index is 1.83. The van der Waals surface area contributed by atoms with Crippen LogP contribution in [-0.4, -0.2) is 19.6 Å². The van der Waals surface area contributed by atoms with Crippen LogP contribution < -0.4 is 15.4 Å². The Morgan fingerprint density at radius 1 is 1.14 bits per heavy atom. The van der Waals surface area contributed by atoms with Gasteiger partial charge >= 0.3 is 0 Å². The standard InChI is InChI=1S/C17H19FN2O2/c1-12(13-3-5-14(18)6-4-13)20-17(21)11-19-15-7-9-16(22-2)10-8-15/h3-10,12,19H,11H2,1-2H3,(H,20,21). The minimum Gasteiger partial charge on any atom is -0.497 e. The van der Waals surface area contributed by atoms with E-state index in [-0.39, 0.29) is 24.3 Å². The van der Waals surface area contributed by atoms with E-state index in [1.165, 1.54) is 12.1 Å². The van der Waals surface area contributed by atoms with Crippen LogP contribution in [0.25, 0.3) is 0 Å². The zero-order valence-electron chi connectivity index (χ0n) is 12.6. The highest BCUT2D eigenvalue weighted by Crippen LogP contribution is 2.15. The number of hydrogen-bond donors (Lipinski definition) is 2. The third-order valence-corrected chi connectivity index (χ3v) is 3.29. The summed E-state index contributed by atoms with van der Waals surface area (Å²) in [6, 6.07) is 13.2. The number of methoxy groups -OCH3 is 1. The van der Waals surface area contributed by atoms with Crippen LogP contribution in [0, 0.1) is 5.82 Å². The zero-order chi connectivity index (χ0) is 15.9. The molecule has 22 heavy (non-hydrogen) atoms. The topological polar surface area (TPSA) is 50.4 Å².